The molecule has 1 aromatic carbocycles. The van der Waals surface area contributed by atoms with E-state index in [2.05, 4.69) is 20.3 Å². The molecular weight excluding hydrogens is 413 g/mol. The zero-order chi connectivity index (χ0) is 22.9. The second kappa shape index (κ2) is 8.40. The summed E-state index contributed by atoms with van der Waals surface area (Å²) in [5.74, 6) is -0.374. The maximum absolute atomic E-state index is 13.8. The molecule has 1 unspecified atom stereocenters. The molecule has 1 fully saturated rings. The monoisotopic (exact) mass is 440 g/mol. The maximum Gasteiger partial charge on any atom is 0.528 e. The Balaban J connectivity index is 1.98. The van der Waals surface area contributed by atoms with Crippen molar-refractivity contribution in [1.29, 1.82) is 0 Å². The quantitative estimate of drug-likeness (QED) is 0.714. The number of quaternary nitrogens is 1. The van der Waals surface area contributed by atoms with Gasteiger partial charge in [0.25, 0.3) is 0 Å². The van der Waals surface area contributed by atoms with Crippen LogP contribution in [0, 0.1) is 5.82 Å². The van der Waals surface area contributed by atoms with Crippen LogP contribution in [0.15, 0.2) is 46.3 Å². The summed E-state index contributed by atoms with van der Waals surface area (Å²) in [6.07, 6.45) is 3.93. The Hall–Kier alpha value is -3.17. The van der Waals surface area contributed by atoms with E-state index in [0.717, 1.165) is 13.1 Å². The van der Waals surface area contributed by atoms with Gasteiger partial charge in [0.1, 0.15) is 28.9 Å². The SMILES string of the molecule is CC(C)(C)OC(=O)[N+]1(C2CCNCC2)C=NC(c2ccc(F)cc2)=C1c1ccnc(=O)[nH]1. The summed E-state index contributed by atoms with van der Waals surface area (Å²) in [5.41, 5.74) is 0.777. The lowest BCUT2D eigenvalue weighted by atomic mass is 9.99. The Labute approximate surface area is 185 Å². The summed E-state index contributed by atoms with van der Waals surface area (Å²) in [4.78, 5) is 37.1. The Morgan fingerprint density at radius 3 is 2.47 bits per heavy atom. The summed E-state index contributed by atoms with van der Waals surface area (Å²) in [7, 11) is 0. The zero-order valence-electron chi connectivity index (χ0n) is 18.4. The zero-order valence-corrected chi connectivity index (χ0v) is 18.4. The molecule has 0 aliphatic carbocycles. The fourth-order valence-electron chi connectivity index (χ4n) is 4.21. The number of nitrogens with one attached hydrogen (secondary N) is 2. The number of ether oxygens (including phenoxy) is 1. The molecule has 168 valence electrons. The van der Waals surface area contributed by atoms with Gasteiger partial charge < -0.3 is 15.0 Å². The molecule has 3 heterocycles. The third-order valence-electron chi connectivity index (χ3n) is 5.59. The molecule has 0 saturated carbocycles. The molecule has 1 amide bonds. The maximum atomic E-state index is 13.8. The van der Waals surface area contributed by atoms with E-state index < -0.39 is 17.4 Å². The van der Waals surface area contributed by atoms with Crippen molar-refractivity contribution in [3.63, 3.8) is 0 Å². The standard InChI is InChI=1S/C23H26FN5O3/c1-23(2,3)32-22(31)29(17-8-11-25-12-9-17)14-27-19(15-4-6-16(24)7-5-15)20(29)18-10-13-26-21(30)28-18/h4-7,10,13-14,17,25H,8-9,11-12H2,1-3H3/p+1. The molecule has 2 aliphatic rings. The van der Waals surface area contributed by atoms with E-state index in [-0.39, 0.29) is 16.3 Å². The first kappa shape index (κ1) is 22.0. The fraction of sp³-hybridized carbons (Fsp3) is 0.391. The predicted octanol–water partition coefficient (Wildman–Crippen LogP) is 3.28. The second-order valence-electron chi connectivity index (χ2n) is 8.98. The Morgan fingerprint density at radius 2 is 1.84 bits per heavy atom. The molecule has 4 rings (SSSR count). The Bertz CT molecular complexity index is 1130. The number of hydrogen-bond acceptors (Lipinski definition) is 6. The van der Waals surface area contributed by atoms with Crippen molar-refractivity contribution < 1.29 is 18.4 Å². The van der Waals surface area contributed by atoms with Crippen molar-refractivity contribution in [1.82, 2.24) is 15.3 Å². The molecule has 0 bridgehead atoms. The lowest BCUT2D eigenvalue weighted by Gasteiger charge is -2.39. The molecule has 2 aliphatic heterocycles. The van der Waals surface area contributed by atoms with E-state index >= 15 is 0 Å². The highest BCUT2D eigenvalue weighted by atomic mass is 19.1. The van der Waals surface area contributed by atoms with Gasteiger partial charge in [-0.25, -0.2) is 14.2 Å². The van der Waals surface area contributed by atoms with Crippen molar-refractivity contribution in [2.45, 2.75) is 45.3 Å². The van der Waals surface area contributed by atoms with Crippen molar-refractivity contribution in [2.24, 2.45) is 4.99 Å². The molecule has 0 spiro atoms. The van der Waals surface area contributed by atoms with Gasteiger partial charge in [0.05, 0.1) is 0 Å². The van der Waals surface area contributed by atoms with Crippen molar-refractivity contribution in [3.05, 3.63) is 64.1 Å². The summed E-state index contributed by atoms with van der Waals surface area (Å²) < 4.78 is 19.2. The van der Waals surface area contributed by atoms with Gasteiger partial charge in [-0.1, -0.05) is 0 Å². The number of aromatic amines is 1. The van der Waals surface area contributed by atoms with E-state index in [1.54, 1.807) is 24.5 Å². The number of rotatable bonds is 3. The first-order valence-corrected chi connectivity index (χ1v) is 10.6. The molecular formula is C23H27FN5O3+. The van der Waals surface area contributed by atoms with Gasteiger partial charge in [0.2, 0.25) is 6.34 Å². The van der Waals surface area contributed by atoms with Gasteiger partial charge in [-0.15, -0.1) is 4.48 Å². The van der Waals surface area contributed by atoms with Crippen LogP contribution >= 0.6 is 0 Å². The number of piperidine rings is 1. The van der Waals surface area contributed by atoms with Gasteiger partial charge in [-0.3, -0.25) is 0 Å². The van der Waals surface area contributed by atoms with E-state index in [0.29, 0.717) is 35.5 Å². The minimum Gasteiger partial charge on any atom is -0.414 e. The topological polar surface area (TPSA) is 96.4 Å². The summed E-state index contributed by atoms with van der Waals surface area (Å²) in [5, 5.41) is 3.32. The Morgan fingerprint density at radius 1 is 1.16 bits per heavy atom. The molecule has 2 aromatic rings. The number of hydrogen-bond donors (Lipinski definition) is 2. The van der Waals surface area contributed by atoms with Crippen LogP contribution in [-0.2, 0) is 4.74 Å². The number of halogens is 1. The highest BCUT2D eigenvalue weighted by Crippen LogP contribution is 2.43. The number of amides is 1. The average molecular weight is 440 g/mol. The number of aliphatic imine (C=N–C) groups is 1. The Kier molecular flexibility index (Phi) is 5.79. The summed E-state index contributed by atoms with van der Waals surface area (Å²) in [6, 6.07) is 7.40. The van der Waals surface area contributed by atoms with Crippen LogP contribution in [0.5, 0.6) is 0 Å². The third-order valence-corrected chi connectivity index (χ3v) is 5.59. The smallest absolute Gasteiger partial charge is 0.414 e. The van der Waals surface area contributed by atoms with E-state index in [4.69, 9.17) is 4.74 Å². The molecule has 1 aromatic heterocycles. The number of carbonyl (C=O) groups excluding carboxylic acids is 1. The lowest BCUT2D eigenvalue weighted by Crippen LogP contribution is -2.60. The fourth-order valence-corrected chi connectivity index (χ4v) is 4.21. The molecule has 1 atom stereocenters. The molecule has 9 heteroatoms. The van der Waals surface area contributed by atoms with Gasteiger partial charge in [-0.05, 0) is 51.1 Å². The number of nitrogens with zero attached hydrogens (tertiary/aromatic N) is 3. The minimum atomic E-state index is -0.724. The van der Waals surface area contributed by atoms with Crippen LogP contribution in [0.3, 0.4) is 0 Å². The molecule has 8 nitrogen and oxygen atoms in total. The van der Waals surface area contributed by atoms with Crippen molar-refractivity contribution >= 4 is 23.8 Å². The van der Waals surface area contributed by atoms with Crippen LogP contribution in [0.1, 0.15) is 44.9 Å². The summed E-state index contributed by atoms with van der Waals surface area (Å²) >= 11 is 0. The number of H-pyrrole nitrogens is 1. The van der Waals surface area contributed by atoms with Crippen molar-refractivity contribution in [2.75, 3.05) is 13.1 Å². The highest BCUT2D eigenvalue weighted by molar-refractivity contribution is 5.99. The van der Waals surface area contributed by atoms with Crippen LogP contribution in [0.2, 0.25) is 0 Å². The molecule has 2 N–H and O–H groups in total. The van der Waals surface area contributed by atoms with E-state index in [1.165, 1.54) is 18.3 Å². The highest BCUT2D eigenvalue weighted by Gasteiger charge is 2.55. The van der Waals surface area contributed by atoms with Gasteiger partial charge in [-0.2, -0.15) is 9.79 Å². The average Bonchev–Trinajstić information content (AvgIpc) is 3.15. The molecule has 1 saturated heterocycles. The number of benzene rings is 1. The minimum absolute atomic E-state index is 0.153. The first-order chi connectivity index (χ1) is 15.2. The number of aromatic nitrogens is 2. The number of carbonyl (C=O) groups is 1. The van der Waals surface area contributed by atoms with Crippen molar-refractivity contribution in [3.8, 4) is 0 Å². The predicted molar refractivity (Wildman–Crippen MR) is 119 cm³/mol. The largest absolute Gasteiger partial charge is 0.528 e. The van der Waals surface area contributed by atoms with Crippen LogP contribution < -0.4 is 11.0 Å². The molecule has 32 heavy (non-hydrogen) atoms. The van der Waals surface area contributed by atoms with Gasteiger partial charge in [0, 0.05) is 37.7 Å². The second-order valence-corrected chi connectivity index (χ2v) is 8.98. The van der Waals surface area contributed by atoms with Crippen LogP contribution in [0.25, 0.3) is 11.4 Å². The first-order valence-electron chi connectivity index (χ1n) is 10.6. The van der Waals surface area contributed by atoms with E-state index in [9.17, 15) is 14.0 Å². The molecule has 0 radical (unpaired) electrons. The van der Waals surface area contributed by atoms with Crippen LogP contribution in [-0.4, -0.2) is 51.6 Å². The normalized spacial score (nSPS) is 21.8. The van der Waals surface area contributed by atoms with E-state index in [1.807, 2.05) is 20.8 Å². The third kappa shape index (κ3) is 4.13. The lowest BCUT2D eigenvalue weighted by molar-refractivity contribution is -0.715. The van der Waals surface area contributed by atoms with Gasteiger partial charge >= 0.3 is 11.8 Å². The van der Waals surface area contributed by atoms with Gasteiger partial charge in [0.15, 0.2) is 5.70 Å². The van der Waals surface area contributed by atoms with Crippen LogP contribution in [0.4, 0.5) is 9.18 Å². The summed E-state index contributed by atoms with van der Waals surface area (Å²) in [6.45, 7) is 6.93.